The van der Waals surface area contributed by atoms with E-state index < -0.39 is 0 Å². The molecule has 0 spiro atoms. The van der Waals surface area contributed by atoms with Crippen LogP contribution in [0.3, 0.4) is 0 Å². The van der Waals surface area contributed by atoms with E-state index >= 15 is 0 Å². The minimum Gasteiger partial charge on any atom is -0.457 e. The maximum Gasteiger partial charge on any atom is 0.128 e. The molecule has 0 radical (unpaired) electrons. The molecule has 0 saturated carbocycles. The summed E-state index contributed by atoms with van der Waals surface area (Å²) in [5, 5.41) is 1.29. The van der Waals surface area contributed by atoms with Gasteiger partial charge in [-0.3, -0.25) is 0 Å². The number of nitrogens with zero attached hydrogens (tertiary/aromatic N) is 1. The van der Waals surface area contributed by atoms with Gasteiger partial charge in [-0.25, -0.2) is 0 Å². The Labute approximate surface area is 600 Å². The van der Waals surface area contributed by atoms with Crippen molar-refractivity contribution in [1.82, 2.24) is 4.57 Å². The van der Waals surface area contributed by atoms with Crippen LogP contribution in [0.25, 0.3) is 68.7 Å². The van der Waals surface area contributed by atoms with Gasteiger partial charge in [-0.05, 0) is 177 Å². The highest BCUT2D eigenvalue weighted by Gasteiger charge is 2.24. The first kappa shape index (κ1) is 74.0. The topological polar surface area (TPSA) is 14.2 Å². The lowest BCUT2D eigenvalue weighted by molar-refractivity contribution is 0.294. The normalized spacial score (nSPS) is 13.2. The van der Waals surface area contributed by atoms with E-state index in [-0.39, 0.29) is 21.7 Å². The number of allylic oxidation sites excluding steroid dienone is 4. The van der Waals surface area contributed by atoms with Crippen LogP contribution >= 0.6 is 0 Å². The van der Waals surface area contributed by atoms with Gasteiger partial charge in [-0.15, -0.1) is 0 Å². The Bertz CT molecular complexity index is 4480. The molecule has 2 nitrogen and oxygen atoms in total. The zero-order valence-corrected chi connectivity index (χ0v) is 62.0. The molecule has 508 valence electrons. The van der Waals surface area contributed by atoms with Crippen LogP contribution in [0, 0.1) is 11.3 Å². The molecular formula is C98H105NO. The Morgan fingerprint density at radius 2 is 0.710 bits per heavy atom. The van der Waals surface area contributed by atoms with E-state index in [9.17, 15) is 0 Å². The molecule has 0 saturated heterocycles. The van der Waals surface area contributed by atoms with Gasteiger partial charge in [-0.1, -0.05) is 389 Å². The minimum atomic E-state index is 0.147. The van der Waals surface area contributed by atoms with Gasteiger partial charge in [0.25, 0.3) is 0 Å². The van der Waals surface area contributed by atoms with Crippen molar-refractivity contribution in [3.8, 4) is 39.4 Å². The molecule has 1 atom stereocenters. The highest BCUT2D eigenvalue weighted by molar-refractivity contribution is 5.83. The molecule has 1 aromatic heterocycles. The first-order valence-electron chi connectivity index (χ1n) is 35.6. The molecule has 13 rings (SSSR count). The second kappa shape index (κ2) is 34.0. The maximum atomic E-state index is 5.94. The van der Waals surface area contributed by atoms with Crippen molar-refractivity contribution < 1.29 is 4.74 Å². The van der Waals surface area contributed by atoms with Crippen LogP contribution in [-0.4, -0.2) is 4.57 Å². The molecule has 0 amide bonds. The molecule has 0 aliphatic heterocycles. The monoisotopic (exact) mass is 1310 g/mol. The summed E-state index contributed by atoms with van der Waals surface area (Å²) in [4.78, 5) is 0. The number of rotatable bonds is 10. The second-order valence-corrected chi connectivity index (χ2v) is 31.2. The summed E-state index contributed by atoms with van der Waals surface area (Å²) in [5.74, 6) is 2.32. The van der Waals surface area contributed by atoms with Crippen molar-refractivity contribution in [2.45, 2.75) is 132 Å². The van der Waals surface area contributed by atoms with Crippen molar-refractivity contribution >= 4 is 40.8 Å². The molecule has 1 unspecified atom stereocenters. The summed E-state index contributed by atoms with van der Waals surface area (Å²) >= 11 is 0. The van der Waals surface area contributed by atoms with Crippen LogP contribution in [-0.2, 0) is 21.7 Å². The second-order valence-electron chi connectivity index (χ2n) is 31.2. The van der Waals surface area contributed by atoms with Gasteiger partial charge >= 0.3 is 0 Å². The van der Waals surface area contributed by atoms with Crippen LogP contribution in [0.15, 0.2) is 322 Å². The Hall–Kier alpha value is -10.3. The molecule has 0 N–H and O–H groups in total. The summed E-state index contributed by atoms with van der Waals surface area (Å²) in [6.45, 7) is 33.9. The van der Waals surface area contributed by atoms with E-state index in [1.54, 1.807) is 0 Å². The molecule has 2 heteroatoms. The van der Waals surface area contributed by atoms with Crippen LogP contribution < -0.4 is 4.74 Å². The third-order valence-corrected chi connectivity index (χ3v) is 18.0. The van der Waals surface area contributed by atoms with Gasteiger partial charge in [0.2, 0.25) is 0 Å². The molecule has 1 aliphatic carbocycles. The molecule has 0 bridgehead atoms. The molecule has 1 aliphatic rings. The quantitative estimate of drug-likeness (QED) is 0.125. The minimum absolute atomic E-state index is 0.147. The van der Waals surface area contributed by atoms with Crippen molar-refractivity contribution in [2.24, 2.45) is 11.3 Å². The summed E-state index contributed by atoms with van der Waals surface area (Å²) < 4.78 is 8.19. The third-order valence-electron chi connectivity index (χ3n) is 18.0. The lowest BCUT2D eigenvalue weighted by Crippen LogP contribution is -2.19. The molecule has 1 heterocycles. The van der Waals surface area contributed by atoms with Crippen molar-refractivity contribution in [1.29, 1.82) is 0 Å². The number of para-hydroxylation sites is 2. The van der Waals surface area contributed by atoms with Gasteiger partial charge in [0, 0.05) is 11.9 Å². The van der Waals surface area contributed by atoms with E-state index in [0.29, 0.717) is 11.3 Å². The third kappa shape index (κ3) is 22.4. The predicted molar refractivity (Wildman–Crippen MR) is 437 cm³/mol. The van der Waals surface area contributed by atoms with Crippen LogP contribution in [0.5, 0.6) is 11.5 Å². The summed E-state index contributed by atoms with van der Waals surface area (Å²) in [7, 11) is 0. The van der Waals surface area contributed by atoms with E-state index in [2.05, 4.69) is 400 Å². The zero-order valence-electron chi connectivity index (χ0n) is 62.0. The van der Waals surface area contributed by atoms with E-state index in [4.69, 9.17) is 4.74 Å². The Kier molecular flexibility index (Phi) is 25.1. The average molecular weight is 1310 g/mol. The molecule has 0 fully saturated rings. The smallest absolute Gasteiger partial charge is 0.128 e. The SMILES string of the molecule is CC(C)(C)C1C=C(c2cccc(-c3ccccc3)c2)C=CC1.CC(C)(C)c1ccc(/C=C/c2ccccc2)cc1.CC(C)(C)c1ccc(/C=C\c2ccccc2)cc1.CC(C)(C)c1ccc2ccn(-c3ccccc3)c2c1.CC(C)(C)c1cccc(-c2cccc(Oc3ccccc3)c2)c1. The van der Waals surface area contributed by atoms with Crippen molar-refractivity contribution in [2.75, 3.05) is 0 Å². The Balaban J connectivity index is 0.000000146. The van der Waals surface area contributed by atoms with Gasteiger partial charge in [0.15, 0.2) is 0 Å². The molecule has 12 aromatic rings. The van der Waals surface area contributed by atoms with Crippen molar-refractivity contribution in [3.63, 3.8) is 0 Å². The highest BCUT2D eigenvalue weighted by atomic mass is 16.5. The fourth-order valence-electron chi connectivity index (χ4n) is 11.6. The molecule has 11 aromatic carbocycles. The number of ether oxygens (including phenoxy) is 1. The van der Waals surface area contributed by atoms with Crippen LogP contribution in [0.4, 0.5) is 0 Å². The highest BCUT2D eigenvalue weighted by Crippen LogP contribution is 2.38. The first-order valence-corrected chi connectivity index (χ1v) is 35.6. The van der Waals surface area contributed by atoms with Gasteiger partial charge in [-0.2, -0.15) is 0 Å². The number of aromatic nitrogens is 1. The average Bonchev–Trinajstić information content (AvgIpc) is 1.59. The fraction of sp³-hybridized carbons (Fsp3) is 0.224. The summed E-state index contributed by atoms with van der Waals surface area (Å²) in [6, 6.07) is 104. The maximum absolute atomic E-state index is 5.94. The largest absolute Gasteiger partial charge is 0.457 e. The zero-order chi connectivity index (χ0) is 71.3. The van der Waals surface area contributed by atoms with Crippen LogP contribution in [0.1, 0.15) is 160 Å². The van der Waals surface area contributed by atoms with E-state index in [1.165, 1.54) is 94.5 Å². The van der Waals surface area contributed by atoms with Gasteiger partial charge in [0.05, 0.1) is 5.52 Å². The lowest BCUT2D eigenvalue weighted by Gasteiger charge is -2.30. The summed E-state index contributed by atoms with van der Waals surface area (Å²) in [5.41, 5.74) is 21.6. The number of fused-ring (bicyclic) bond motifs is 1. The van der Waals surface area contributed by atoms with Gasteiger partial charge < -0.3 is 9.30 Å². The number of hydrogen-bond acceptors (Lipinski definition) is 1. The Morgan fingerprint density at radius 3 is 1.21 bits per heavy atom. The number of benzene rings is 11. The van der Waals surface area contributed by atoms with Crippen LogP contribution in [0.2, 0.25) is 0 Å². The van der Waals surface area contributed by atoms with Crippen molar-refractivity contribution in [3.05, 3.63) is 372 Å². The lowest BCUT2D eigenvalue weighted by atomic mass is 9.75. The fourth-order valence-corrected chi connectivity index (χ4v) is 11.6. The van der Waals surface area contributed by atoms with E-state index in [0.717, 1.165) is 17.9 Å². The standard InChI is InChI=1S/C22H22O.C22H24.C18H19N.2C18H20/c1-22(2,3)19-11-7-9-17(15-19)18-10-8-14-21(16-18)23-20-12-5-4-6-13-20;1-22(2,3)21-14-8-13-20(16-21)19-12-7-11-18(15-19)17-9-5-4-6-10-17;1-18(2,3)15-10-9-14-11-12-19(17(14)13-15)16-7-5-4-6-8-16;2*1-18(2,3)17-13-11-16(12-14-17)10-9-15-7-5-4-6-8-15/h4-16H,1-3H3;4-13,15-16,21H,14H2,1-3H3;4-13H,1-3H3;2*4-14H,1-3H3/b;;;10-9+;10-9-. The van der Waals surface area contributed by atoms with E-state index in [1.807, 2.05) is 54.6 Å². The summed E-state index contributed by atoms with van der Waals surface area (Å²) in [6.07, 6.45) is 18.9. The Morgan fingerprint density at radius 1 is 0.320 bits per heavy atom. The first-order chi connectivity index (χ1) is 47.7. The number of hydrogen-bond donors (Lipinski definition) is 0. The van der Waals surface area contributed by atoms with Gasteiger partial charge in [0.1, 0.15) is 11.5 Å². The molecular weight excluding hydrogens is 1210 g/mol. The molecule has 100 heavy (non-hydrogen) atoms. The predicted octanol–water partition coefficient (Wildman–Crippen LogP) is 28.0.